The molecule has 7 heteroatoms. The molecule has 2 aromatic carbocycles. The summed E-state index contributed by atoms with van der Waals surface area (Å²) in [6.45, 7) is 3.91. The van der Waals surface area contributed by atoms with E-state index in [-0.39, 0.29) is 45.1 Å². The molecule has 138 valence electrons. The van der Waals surface area contributed by atoms with Crippen LogP contribution in [0.3, 0.4) is 0 Å². The Morgan fingerprint density at radius 3 is 2.11 bits per heavy atom. The van der Waals surface area contributed by atoms with E-state index in [1.54, 1.807) is 12.1 Å². The molecule has 1 aliphatic carbocycles. The van der Waals surface area contributed by atoms with Crippen LogP contribution in [0.5, 0.6) is 17.2 Å². The van der Waals surface area contributed by atoms with Crippen molar-refractivity contribution in [2.24, 2.45) is 0 Å². The summed E-state index contributed by atoms with van der Waals surface area (Å²) in [7, 11) is 1.39. The lowest BCUT2D eigenvalue weighted by Crippen LogP contribution is -2.24. The highest BCUT2D eigenvalue weighted by atomic mass is 16.5. The van der Waals surface area contributed by atoms with E-state index in [2.05, 4.69) is 0 Å². The zero-order valence-electron chi connectivity index (χ0n) is 15.2. The maximum absolute atomic E-state index is 13.2. The third-order valence-electron chi connectivity index (χ3n) is 4.17. The molecule has 0 saturated heterocycles. The normalized spacial score (nSPS) is 12.1. The zero-order chi connectivity index (χ0) is 19.9. The van der Waals surface area contributed by atoms with Crippen molar-refractivity contribution in [1.82, 2.24) is 0 Å². The van der Waals surface area contributed by atoms with Gasteiger partial charge < -0.3 is 14.2 Å². The van der Waals surface area contributed by atoms with Gasteiger partial charge in [-0.25, -0.2) is 0 Å². The molecule has 7 nitrogen and oxygen atoms in total. The van der Waals surface area contributed by atoms with Gasteiger partial charge in [-0.05, 0) is 19.1 Å². The van der Waals surface area contributed by atoms with Gasteiger partial charge in [0.1, 0.15) is 17.2 Å². The van der Waals surface area contributed by atoms with Crippen LogP contribution in [0.1, 0.15) is 51.3 Å². The minimum Gasteiger partial charge on any atom is -0.496 e. The highest BCUT2D eigenvalue weighted by molar-refractivity contribution is 6.30. The summed E-state index contributed by atoms with van der Waals surface area (Å²) in [5, 5.41) is 0. The maximum Gasteiger partial charge on any atom is 0.308 e. The van der Waals surface area contributed by atoms with Crippen LogP contribution in [0.25, 0.3) is 0 Å². The summed E-state index contributed by atoms with van der Waals surface area (Å²) in [6, 6.07) is 6.00. The van der Waals surface area contributed by atoms with Crippen molar-refractivity contribution in [3.63, 3.8) is 0 Å². The van der Waals surface area contributed by atoms with Crippen molar-refractivity contribution >= 4 is 23.5 Å². The lowest BCUT2D eigenvalue weighted by Gasteiger charge is -2.23. The van der Waals surface area contributed by atoms with Gasteiger partial charge in [0.05, 0.1) is 18.2 Å². The van der Waals surface area contributed by atoms with Gasteiger partial charge in [-0.15, -0.1) is 0 Å². The number of methoxy groups -OCH3 is 1. The highest BCUT2D eigenvalue weighted by Crippen LogP contribution is 2.42. The number of fused-ring (bicyclic) bond motifs is 2. The van der Waals surface area contributed by atoms with Crippen molar-refractivity contribution < 1.29 is 33.4 Å². The lowest BCUT2D eigenvalue weighted by molar-refractivity contribution is -0.132. The molecule has 1 aliphatic rings. The van der Waals surface area contributed by atoms with Gasteiger partial charge in [0.15, 0.2) is 5.78 Å². The molecule has 0 unspecified atom stereocenters. The van der Waals surface area contributed by atoms with Gasteiger partial charge in [0, 0.05) is 30.5 Å². The first-order valence-corrected chi connectivity index (χ1v) is 8.07. The number of hydrogen-bond acceptors (Lipinski definition) is 7. The summed E-state index contributed by atoms with van der Waals surface area (Å²) >= 11 is 0. The first kappa shape index (κ1) is 18.3. The predicted octanol–water partition coefficient (Wildman–Crippen LogP) is 2.63. The molecule has 0 atom stereocenters. The Balaban J connectivity index is 2.35. The fourth-order valence-corrected chi connectivity index (χ4v) is 3.06. The molecule has 0 N–H and O–H groups in total. The molecule has 0 heterocycles. The number of carbonyl (C=O) groups excluding carboxylic acids is 4. The Morgan fingerprint density at radius 2 is 1.52 bits per heavy atom. The minimum atomic E-state index is -0.675. The number of ether oxygens (including phenoxy) is 3. The van der Waals surface area contributed by atoms with E-state index in [0.717, 1.165) is 0 Å². The van der Waals surface area contributed by atoms with Gasteiger partial charge in [-0.1, -0.05) is 12.1 Å². The minimum absolute atomic E-state index is 0.00106. The van der Waals surface area contributed by atoms with E-state index in [1.807, 2.05) is 0 Å². The topological polar surface area (TPSA) is 96.0 Å². The van der Waals surface area contributed by atoms with Crippen molar-refractivity contribution in [2.75, 3.05) is 7.11 Å². The van der Waals surface area contributed by atoms with Crippen LogP contribution >= 0.6 is 0 Å². The van der Waals surface area contributed by atoms with Crippen molar-refractivity contribution in [1.29, 1.82) is 0 Å². The summed E-state index contributed by atoms with van der Waals surface area (Å²) in [5.74, 6) is -2.07. The predicted molar refractivity (Wildman–Crippen MR) is 93.7 cm³/mol. The molecule has 2 aromatic rings. The van der Waals surface area contributed by atoms with E-state index < -0.39 is 23.5 Å². The molecular weight excluding hydrogens is 352 g/mol. The summed E-state index contributed by atoms with van der Waals surface area (Å²) in [5.41, 5.74) is 0.474. The zero-order valence-corrected chi connectivity index (χ0v) is 15.2. The van der Waals surface area contributed by atoms with Crippen LogP contribution < -0.4 is 14.2 Å². The fraction of sp³-hybridized carbons (Fsp3) is 0.200. The second-order valence-corrected chi connectivity index (χ2v) is 5.98. The monoisotopic (exact) mass is 368 g/mol. The second-order valence-electron chi connectivity index (χ2n) is 5.98. The van der Waals surface area contributed by atoms with Gasteiger partial charge >= 0.3 is 11.9 Å². The first-order chi connectivity index (χ1) is 12.8. The Kier molecular flexibility index (Phi) is 4.53. The largest absolute Gasteiger partial charge is 0.496 e. The average molecular weight is 368 g/mol. The maximum atomic E-state index is 13.2. The van der Waals surface area contributed by atoms with E-state index in [1.165, 1.54) is 40.0 Å². The lowest BCUT2D eigenvalue weighted by atomic mass is 9.82. The van der Waals surface area contributed by atoms with E-state index in [9.17, 15) is 19.2 Å². The quantitative estimate of drug-likeness (QED) is 0.518. The number of ketones is 2. The number of rotatable bonds is 3. The van der Waals surface area contributed by atoms with E-state index >= 15 is 0 Å². The van der Waals surface area contributed by atoms with Gasteiger partial charge in [0.25, 0.3) is 0 Å². The molecule has 0 amide bonds. The van der Waals surface area contributed by atoms with Crippen molar-refractivity contribution in [3.8, 4) is 17.2 Å². The summed E-state index contributed by atoms with van der Waals surface area (Å²) < 4.78 is 15.6. The number of benzene rings is 2. The van der Waals surface area contributed by atoms with Crippen LogP contribution in [0.15, 0.2) is 24.3 Å². The molecule has 0 aromatic heterocycles. The molecular formula is C20H16O7. The Hall–Kier alpha value is -3.48. The Bertz CT molecular complexity index is 1020. The van der Waals surface area contributed by atoms with E-state index in [4.69, 9.17) is 14.2 Å². The highest BCUT2D eigenvalue weighted by Gasteiger charge is 2.37. The summed E-state index contributed by atoms with van der Waals surface area (Å²) in [4.78, 5) is 49.2. The van der Waals surface area contributed by atoms with E-state index in [0.29, 0.717) is 0 Å². The molecule has 0 radical (unpaired) electrons. The molecule has 0 saturated carbocycles. The fourth-order valence-electron chi connectivity index (χ4n) is 3.06. The van der Waals surface area contributed by atoms with Crippen LogP contribution in [-0.4, -0.2) is 30.6 Å². The van der Waals surface area contributed by atoms with Crippen molar-refractivity contribution in [3.05, 3.63) is 52.1 Å². The van der Waals surface area contributed by atoms with Gasteiger partial charge in [0.2, 0.25) is 5.78 Å². The van der Waals surface area contributed by atoms with Crippen LogP contribution in [-0.2, 0) is 9.59 Å². The standard InChI is InChI=1S/C20H16O7/c1-9-15(26-10(2)21)8-13-17(20(9)27-11(3)22)19(24)16-12(18(13)23)6-5-7-14(16)25-4/h5-8H,1-4H3. The summed E-state index contributed by atoms with van der Waals surface area (Å²) in [6.07, 6.45) is 0. The van der Waals surface area contributed by atoms with Crippen LogP contribution in [0.4, 0.5) is 0 Å². The van der Waals surface area contributed by atoms with Crippen LogP contribution in [0, 0.1) is 6.92 Å². The van der Waals surface area contributed by atoms with Crippen LogP contribution in [0.2, 0.25) is 0 Å². The Labute approximate surface area is 154 Å². The van der Waals surface area contributed by atoms with Crippen molar-refractivity contribution in [2.45, 2.75) is 20.8 Å². The number of esters is 2. The molecule has 27 heavy (non-hydrogen) atoms. The average Bonchev–Trinajstić information content (AvgIpc) is 2.61. The smallest absolute Gasteiger partial charge is 0.308 e. The number of hydrogen-bond donors (Lipinski definition) is 0. The third-order valence-corrected chi connectivity index (χ3v) is 4.17. The Morgan fingerprint density at radius 1 is 0.852 bits per heavy atom. The first-order valence-electron chi connectivity index (χ1n) is 8.07. The van der Waals surface area contributed by atoms with Gasteiger partial charge in [-0.2, -0.15) is 0 Å². The molecule has 0 bridgehead atoms. The molecule has 0 spiro atoms. The SMILES string of the molecule is COc1cccc2c1C(=O)c1c(cc(OC(C)=O)c(C)c1OC(C)=O)C2=O. The third kappa shape index (κ3) is 2.97. The van der Waals surface area contributed by atoms with Gasteiger partial charge in [-0.3, -0.25) is 19.2 Å². The number of carbonyl (C=O) groups is 4. The second kappa shape index (κ2) is 6.68. The molecule has 0 fully saturated rings. The molecule has 0 aliphatic heterocycles. The molecule has 3 rings (SSSR count).